The molecule has 3 N–H and O–H groups in total. The number of halogens is 1. The number of hydrogen-bond donors (Lipinski definition) is 3. The topological polar surface area (TPSA) is 108 Å². The smallest absolute Gasteiger partial charge is 0.258 e. The summed E-state index contributed by atoms with van der Waals surface area (Å²) >= 11 is 2.10. The van der Waals surface area contributed by atoms with Crippen molar-refractivity contribution in [2.45, 2.75) is 69.7 Å². The van der Waals surface area contributed by atoms with Gasteiger partial charge in [0, 0.05) is 14.7 Å². The molecule has 0 aliphatic carbocycles. The zero-order valence-electron chi connectivity index (χ0n) is 23.1. The minimum atomic E-state index is -3.96. The van der Waals surface area contributed by atoms with Crippen molar-refractivity contribution >= 4 is 44.7 Å². The van der Waals surface area contributed by atoms with E-state index in [0.29, 0.717) is 5.56 Å². The molecule has 0 aliphatic rings. The van der Waals surface area contributed by atoms with Gasteiger partial charge in [0.2, 0.25) is 10.0 Å². The SMILES string of the molecule is CC(C)(C)c1cc(/C=N\NC(=O)[C@@H](Cc2ccccc2)NS(=O)(=O)c2ccc(I)cc2)cc(C(C)(C)C)c1O. The van der Waals surface area contributed by atoms with Crippen molar-refractivity contribution in [2.75, 3.05) is 0 Å². The van der Waals surface area contributed by atoms with Gasteiger partial charge in [-0.05, 0) is 87.4 Å². The third-order valence-corrected chi connectivity index (χ3v) is 8.36. The first kappa shape index (κ1) is 30.8. The molecule has 3 rings (SSSR count). The number of aromatic hydroxyl groups is 1. The van der Waals surface area contributed by atoms with E-state index in [1.807, 2.05) is 84.0 Å². The van der Waals surface area contributed by atoms with Crippen LogP contribution in [0.2, 0.25) is 0 Å². The fourth-order valence-corrected chi connectivity index (χ4v) is 5.58. The van der Waals surface area contributed by atoms with Crippen LogP contribution in [0.5, 0.6) is 5.75 Å². The second-order valence-electron chi connectivity index (χ2n) is 11.5. The summed E-state index contributed by atoms with van der Waals surface area (Å²) in [4.78, 5) is 13.3. The van der Waals surface area contributed by atoms with Crippen molar-refractivity contribution in [2.24, 2.45) is 5.10 Å². The predicted octanol–water partition coefficient (Wildman–Crippen LogP) is 5.63. The Hall–Kier alpha value is -2.76. The predicted molar refractivity (Wildman–Crippen MR) is 165 cm³/mol. The molecule has 3 aromatic carbocycles. The lowest BCUT2D eigenvalue weighted by Gasteiger charge is -2.27. The Labute approximate surface area is 245 Å². The first-order valence-electron chi connectivity index (χ1n) is 12.6. The van der Waals surface area contributed by atoms with E-state index in [-0.39, 0.29) is 27.9 Å². The summed E-state index contributed by atoms with van der Waals surface area (Å²) in [6, 6.07) is 18.2. The molecule has 39 heavy (non-hydrogen) atoms. The van der Waals surface area contributed by atoms with Gasteiger partial charge in [-0.3, -0.25) is 4.79 Å². The summed E-state index contributed by atoms with van der Waals surface area (Å²) in [5.74, 6) is -0.334. The zero-order chi connectivity index (χ0) is 29.0. The summed E-state index contributed by atoms with van der Waals surface area (Å²) < 4.78 is 29.6. The Morgan fingerprint density at radius 3 is 2.00 bits per heavy atom. The molecule has 0 aromatic heterocycles. The van der Waals surface area contributed by atoms with E-state index in [1.54, 1.807) is 12.1 Å². The van der Waals surface area contributed by atoms with Crippen LogP contribution in [0.1, 0.15) is 63.8 Å². The van der Waals surface area contributed by atoms with Crippen LogP contribution in [0.15, 0.2) is 76.7 Å². The summed E-state index contributed by atoms with van der Waals surface area (Å²) in [5.41, 5.74) is 4.94. The average Bonchev–Trinajstić information content (AvgIpc) is 2.83. The van der Waals surface area contributed by atoms with Gasteiger partial charge in [0.25, 0.3) is 5.91 Å². The van der Waals surface area contributed by atoms with Crippen LogP contribution >= 0.6 is 22.6 Å². The van der Waals surface area contributed by atoms with Crippen LogP contribution in [0, 0.1) is 3.57 Å². The number of amides is 1. The molecule has 0 saturated heterocycles. The van der Waals surface area contributed by atoms with E-state index in [4.69, 9.17) is 0 Å². The van der Waals surface area contributed by atoms with Gasteiger partial charge in [0.15, 0.2) is 0 Å². The monoisotopic (exact) mass is 661 g/mol. The summed E-state index contributed by atoms with van der Waals surface area (Å²) in [6.45, 7) is 12.1. The number of sulfonamides is 1. The van der Waals surface area contributed by atoms with Crippen LogP contribution in [-0.2, 0) is 32.1 Å². The second-order valence-corrected chi connectivity index (χ2v) is 14.5. The molecule has 7 nitrogen and oxygen atoms in total. The molecule has 1 amide bonds. The summed E-state index contributed by atoms with van der Waals surface area (Å²) in [7, 11) is -3.96. The van der Waals surface area contributed by atoms with Crippen LogP contribution < -0.4 is 10.1 Å². The van der Waals surface area contributed by atoms with E-state index in [0.717, 1.165) is 20.3 Å². The number of phenolic OH excluding ortho intramolecular Hbond substituents is 1. The maximum atomic E-state index is 13.2. The van der Waals surface area contributed by atoms with Crippen LogP contribution in [0.4, 0.5) is 0 Å². The van der Waals surface area contributed by atoms with Gasteiger partial charge in [0.05, 0.1) is 11.1 Å². The molecule has 0 unspecified atom stereocenters. The number of hydrogen-bond acceptors (Lipinski definition) is 5. The number of phenols is 1. The van der Waals surface area contributed by atoms with Crippen LogP contribution in [0.3, 0.4) is 0 Å². The molecular formula is C30H36IN3O4S. The maximum Gasteiger partial charge on any atom is 0.258 e. The molecule has 0 aliphatic heterocycles. The molecule has 0 bridgehead atoms. The second kappa shape index (κ2) is 12.2. The lowest BCUT2D eigenvalue weighted by atomic mass is 9.78. The molecule has 3 aromatic rings. The lowest BCUT2D eigenvalue weighted by Crippen LogP contribution is -2.46. The van der Waals surface area contributed by atoms with Crippen molar-refractivity contribution in [3.8, 4) is 5.75 Å². The minimum Gasteiger partial charge on any atom is -0.507 e. The third kappa shape index (κ3) is 8.36. The highest BCUT2D eigenvalue weighted by molar-refractivity contribution is 14.1. The molecule has 208 valence electrons. The van der Waals surface area contributed by atoms with Crippen molar-refractivity contribution in [1.82, 2.24) is 10.1 Å². The van der Waals surface area contributed by atoms with Gasteiger partial charge in [-0.2, -0.15) is 9.82 Å². The first-order chi connectivity index (χ1) is 18.1. The number of carbonyl (C=O) groups excluding carboxylic acids is 1. The number of nitrogens with one attached hydrogen (secondary N) is 2. The van der Waals surface area contributed by atoms with Crippen molar-refractivity contribution in [3.63, 3.8) is 0 Å². The number of benzene rings is 3. The van der Waals surface area contributed by atoms with E-state index in [1.165, 1.54) is 18.3 Å². The van der Waals surface area contributed by atoms with E-state index >= 15 is 0 Å². The van der Waals surface area contributed by atoms with Gasteiger partial charge in [-0.15, -0.1) is 0 Å². The fourth-order valence-electron chi connectivity index (χ4n) is 4.03. The third-order valence-electron chi connectivity index (χ3n) is 6.16. The molecule has 0 radical (unpaired) electrons. The van der Waals surface area contributed by atoms with Crippen molar-refractivity contribution < 1.29 is 18.3 Å². The molecule has 0 spiro atoms. The maximum absolute atomic E-state index is 13.2. The van der Waals surface area contributed by atoms with Gasteiger partial charge < -0.3 is 5.11 Å². The minimum absolute atomic E-state index is 0.0748. The van der Waals surface area contributed by atoms with Gasteiger partial charge in [-0.1, -0.05) is 71.9 Å². The molecule has 0 heterocycles. The standard InChI is InChI=1S/C30H36IN3O4S/c1-29(2,3)24-16-21(17-25(27(24)35)30(4,5)6)19-32-33-28(36)26(18-20-10-8-7-9-11-20)34-39(37,38)23-14-12-22(31)13-15-23/h7-17,19,26,34-35H,18H2,1-6H3,(H,33,36)/b32-19-/t26-/m1/s1. The highest BCUT2D eigenvalue weighted by Gasteiger charge is 2.27. The van der Waals surface area contributed by atoms with Gasteiger partial charge in [0.1, 0.15) is 11.8 Å². The quantitative estimate of drug-likeness (QED) is 0.165. The van der Waals surface area contributed by atoms with E-state index in [2.05, 4.69) is 37.8 Å². The fraction of sp³-hybridized carbons (Fsp3) is 0.333. The summed E-state index contributed by atoms with van der Waals surface area (Å²) in [6.07, 6.45) is 1.66. The highest BCUT2D eigenvalue weighted by atomic mass is 127. The number of nitrogens with zero attached hydrogens (tertiary/aromatic N) is 1. The van der Waals surface area contributed by atoms with E-state index < -0.39 is 22.0 Å². The highest BCUT2D eigenvalue weighted by Crippen LogP contribution is 2.39. The normalized spacial score (nSPS) is 13.4. The van der Waals surface area contributed by atoms with Crippen LogP contribution in [0.25, 0.3) is 0 Å². The van der Waals surface area contributed by atoms with Crippen molar-refractivity contribution in [1.29, 1.82) is 0 Å². The average molecular weight is 662 g/mol. The Morgan fingerprint density at radius 2 is 1.49 bits per heavy atom. The zero-order valence-corrected chi connectivity index (χ0v) is 26.1. The van der Waals surface area contributed by atoms with Gasteiger partial charge in [-0.25, -0.2) is 13.8 Å². The van der Waals surface area contributed by atoms with Crippen LogP contribution in [-0.4, -0.2) is 31.7 Å². The first-order valence-corrected chi connectivity index (χ1v) is 15.2. The Bertz CT molecular complexity index is 1410. The molecule has 9 heteroatoms. The Morgan fingerprint density at radius 1 is 0.949 bits per heavy atom. The lowest BCUT2D eigenvalue weighted by molar-refractivity contribution is -0.122. The van der Waals surface area contributed by atoms with E-state index in [9.17, 15) is 18.3 Å². The number of hydrazone groups is 1. The number of carbonyl (C=O) groups is 1. The molecule has 1 atom stereocenters. The number of rotatable bonds is 8. The molecule has 0 fully saturated rings. The Balaban J connectivity index is 1.88. The molecule has 0 saturated carbocycles. The summed E-state index contributed by atoms with van der Waals surface area (Å²) in [5, 5.41) is 15.1. The largest absolute Gasteiger partial charge is 0.507 e. The molecular weight excluding hydrogens is 625 g/mol. The van der Waals surface area contributed by atoms with Gasteiger partial charge >= 0.3 is 0 Å². The Kier molecular flexibility index (Phi) is 9.61. The van der Waals surface area contributed by atoms with Crippen molar-refractivity contribution in [3.05, 3.63) is 92.6 Å².